The highest BCUT2D eigenvalue weighted by Gasteiger charge is 2.25. The maximum absolute atomic E-state index is 6.91. The summed E-state index contributed by atoms with van der Waals surface area (Å²) in [6, 6.07) is 67.9. The smallest absolute Gasteiger partial charge is 0.159 e. The molecule has 1 N–H and O–H groups in total. The van der Waals surface area contributed by atoms with Crippen LogP contribution in [0.1, 0.15) is 22.9 Å². The molecule has 0 spiro atoms. The highest BCUT2D eigenvalue weighted by Crippen LogP contribution is 2.40. The predicted octanol–water partition coefficient (Wildman–Crippen LogP) is 12.5. The van der Waals surface area contributed by atoms with E-state index in [2.05, 4.69) is 180 Å². The Kier molecular flexibility index (Phi) is 7.49. The molecule has 1 atom stereocenters. The van der Waals surface area contributed by atoms with Gasteiger partial charge in [0.05, 0.1) is 16.7 Å². The van der Waals surface area contributed by atoms with E-state index in [1.165, 1.54) is 21.9 Å². The third-order valence-corrected chi connectivity index (χ3v) is 10.9. The van der Waals surface area contributed by atoms with Crippen LogP contribution in [0.5, 0.6) is 0 Å². The first-order chi connectivity index (χ1) is 27.8. The van der Waals surface area contributed by atoms with E-state index in [0.717, 1.165) is 72.3 Å². The van der Waals surface area contributed by atoms with Gasteiger partial charge in [-0.1, -0.05) is 164 Å². The highest BCUT2D eigenvalue weighted by atomic mass is 16.3. The number of aliphatic imine (C=N–C) groups is 2. The summed E-state index contributed by atoms with van der Waals surface area (Å²) in [5, 5.41) is 8.17. The van der Waals surface area contributed by atoms with Crippen molar-refractivity contribution in [1.82, 2.24) is 9.88 Å². The average molecular weight is 719 g/mol. The number of nitrogens with zero attached hydrogens (tertiary/aromatic N) is 3. The van der Waals surface area contributed by atoms with Crippen molar-refractivity contribution in [2.45, 2.75) is 6.17 Å². The summed E-state index contributed by atoms with van der Waals surface area (Å²) in [5.74, 6) is 1.43. The van der Waals surface area contributed by atoms with Crippen LogP contribution >= 0.6 is 0 Å². The van der Waals surface area contributed by atoms with Gasteiger partial charge in [0.1, 0.15) is 17.6 Å². The van der Waals surface area contributed by atoms with Gasteiger partial charge in [0.2, 0.25) is 0 Å². The summed E-state index contributed by atoms with van der Waals surface area (Å²) in [7, 11) is 0. The summed E-state index contributed by atoms with van der Waals surface area (Å²) in [6.45, 7) is 0. The van der Waals surface area contributed by atoms with E-state index in [9.17, 15) is 0 Å². The molecule has 0 bridgehead atoms. The number of fused-ring (bicyclic) bond motifs is 6. The summed E-state index contributed by atoms with van der Waals surface area (Å²) in [5.41, 5.74) is 12.5. The van der Waals surface area contributed by atoms with Crippen LogP contribution in [0.15, 0.2) is 209 Å². The molecule has 5 nitrogen and oxygen atoms in total. The second kappa shape index (κ2) is 13.1. The number of aromatic nitrogens is 1. The van der Waals surface area contributed by atoms with Gasteiger partial charge in [-0.3, -0.25) is 0 Å². The zero-order valence-corrected chi connectivity index (χ0v) is 30.3. The second-order valence-electron chi connectivity index (χ2n) is 14.2. The van der Waals surface area contributed by atoms with E-state index in [4.69, 9.17) is 14.4 Å². The van der Waals surface area contributed by atoms with Crippen molar-refractivity contribution in [3.05, 3.63) is 211 Å². The molecule has 0 aliphatic carbocycles. The van der Waals surface area contributed by atoms with Crippen LogP contribution in [0.3, 0.4) is 0 Å². The predicted molar refractivity (Wildman–Crippen MR) is 231 cm³/mol. The lowest BCUT2D eigenvalue weighted by Crippen LogP contribution is -2.33. The molecule has 1 aliphatic rings. The lowest BCUT2D eigenvalue weighted by atomic mass is 10.0. The molecule has 56 heavy (non-hydrogen) atoms. The largest absolute Gasteiger partial charge is 0.454 e. The molecule has 1 aliphatic heterocycles. The molecule has 0 saturated heterocycles. The van der Waals surface area contributed by atoms with Crippen LogP contribution in [-0.2, 0) is 0 Å². The van der Waals surface area contributed by atoms with E-state index in [-0.39, 0.29) is 6.17 Å². The number of hydrogen-bond donors (Lipinski definition) is 1. The maximum atomic E-state index is 6.91. The van der Waals surface area contributed by atoms with Crippen molar-refractivity contribution in [2.75, 3.05) is 0 Å². The molecule has 0 amide bonds. The molecule has 1 unspecified atom stereocenters. The molecule has 2 aromatic heterocycles. The number of furan rings is 1. The minimum atomic E-state index is -0.359. The second-order valence-corrected chi connectivity index (χ2v) is 14.2. The number of benzene rings is 8. The number of amidine groups is 2. The molecular formula is C51H34N4O. The van der Waals surface area contributed by atoms with Crippen molar-refractivity contribution >= 4 is 55.4 Å². The van der Waals surface area contributed by atoms with Gasteiger partial charge in [-0.15, -0.1) is 0 Å². The standard InChI is InChI=1S/C51H34N4O/c1-4-15-33(16-5-1)36-21-12-22-38(31-36)50-52-49(35-19-8-3-9-20-35)53-51(54-50)42-25-14-28-46-47(42)41-24-13-27-44(48(41)56-46)55-43-26-11-10-23-39(43)40-30-29-37(32-45(40)55)34-17-6-2-7-18-34/h1-32,50H,(H,52,53,54). The first-order valence-electron chi connectivity index (χ1n) is 18.9. The third kappa shape index (κ3) is 5.32. The Morgan fingerprint density at radius 2 is 1.11 bits per heavy atom. The number of hydrogen-bond acceptors (Lipinski definition) is 4. The number of nitrogens with one attached hydrogen (secondary N) is 1. The monoisotopic (exact) mass is 718 g/mol. The molecular weight excluding hydrogens is 685 g/mol. The number of para-hydroxylation sites is 2. The Morgan fingerprint density at radius 1 is 0.482 bits per heavy atom. The maximum Gasteiger partial charge on any atom is 0.159 e. The van der Waals surface area contributed by atoms with Crippen LogP contribution in [0.4, 0.5) is 0 Å². The molecule has 0 saturated carbocycles. The minimum absolute atomic E-state index is 0.359. The molecule has 264 valence electrons. The van der Waals surface area contributed by atoms with Crippen molar-refractivity contribution < 1.29 is 4.42 Å². The van der Waals surface area contributed by atoms with Gasteiger partial charge >= 0.3 is 0 Å². The van der Waals surface area contributed by atoms with Gasteiger partial charge in [-0.2, -0.15) is 0 Å². The fourth-order valence-electron chi connectivity index (χ4n) is 8.24. The Labute approximate surface area is 323 Å². The van der Waals surface area contributed by atoms with E-state index in [1.54, 1.807) is 0 Å². The van der Waals surface area contributed by atoms with Crippen LogP contribution in [-0.4, -0.2) is 16.2 Å². The normalized spacial score (nSPS) is 14.2. The van der Waals surface area contributed by atoms with Crippen molar-refractivity contribution in [2.24, 2.45) is 9.98 Å². The highest BCUT2D eigenvalue weighted by molar-refractivity contribution is 6.23. The molecule has 3 heterocycles. The van der Waals surface area contributed by atoms with E-state index in [0.29, 0.717) is 5.84 Å². The summed E-state index contributed by atoms with van der Waals surface area (Å²) in [6.07, 6.45) is -0.359. The molecule has 0 radical (unpaired) electrons. The van der Waals surface area contributed by atoms with Gasteiger partial charge < -0.3 is 14.3 Å². The fourth-order valence-corrected chi connectivity index (χ4v) is 8.24. The minimum Gasteiger partial charge on any atom is -0.454 e. The fraction of sp³-hybridized carbons (Fsp3) is 0.0196. The zero-order valence-electron chi connectivity index (χ0n) is 30.3. The van der Waals surface area contributed by atoms with Crippen molar-refractivity contribution in [3.63, 3.8) is 0 Å². The first kappa shape index (κ1) is 32.0. The first-order valence-corrected chi connectivity index (χ1v) is 18.9. The third-order valence-electron chi connectivity index (χ3n) is 10.9. The molecule has 8 aromatic carbocycles. The molecule has 5 heteroatoms. The van der Waals surface area contributed by atoms with Gasteiger partial charge in [0.15, 0.2) is 11.4 Å². The Morgan fingerprint density at radius 3 is 1.89 bits per heavy atom. The average Bonchev–Trinajstić information content (AvgIpc) is 3.83. The molecule has 11 rings (SSSR count). The van der Waals surface area contributed by atoms with Gasteiger partial charge in [0, 0.05) is 32.7 Å². The van der Waals surface area contributed by atoms with E-state index in [1.807, 2.05) is 24.3 Å². The molecule has 0 fully saturated rings. The molecule has 10 aromatic rings. The van der Waals surface area contributed by atoms with Crippen molar-refractivity contribution in [3.8, 4) is 27.9 Å². The van der Waals surface area contributed by atoms with Crippen LogP contribution in [0.25, 0.3) is 71.7 Å². The summed E-state index contributed by atoms with van der Waals surface area (Å²) in [4.78, 5) is 10.4. The van der Waals surface area contributed by atoms with Gasteiger partial charge in [-0.25, -0.2) is 9.98 Å². The lowest BCUT2D eigenvalue weighted by Gasteiger charge is -2.24. The summed E-state index contributed by atoms with van der Waals surface area (Å²) < 4.78 is 9.26. The van der Waals surface area contributed by atoms with Crippen molar-refractivity contribution in [1.29, 1.82) is 0 Å². The Hall–Kier alpha value is -7.50. The van der Waals surface area contributed by atoms with Crippen LogP contribution in [0.2, 0.25) is 0 Å². The number of rotatable bonds is 6. The SMILES string of the molecule is c1ccc(C2=NC(c3cccc(-c4ccccc4)c3)NC(c3cccc4oc5c(-n6c7ccccc7c7ccc(-c8ccccc8)cc76)cccc5c34)=N2)cc1. The zero-order chi connectivity index (χ0) is 37.0. The lowest BCUT2D eigenvalue weighted by molar-refractivity contribution is 0.665. The van der Waals surface area contributed by atoms with Gasteiger partial charge in [0.25, 0.3) is 0 Å². The summed E-state index contributed by atoms with van der Waals surface area (Å²) >= 11 is 0. The van der Waals surface area contributed by atoms with Gasteiger partial charge in [-0.05, 0) is 58.1 Å². The quantitative estimate of drug-likeness (QED) is 0.186. The van der Waals surface area contributed by atoms with Crippen LogP contribution < -0.4 is 5.32 Å². The Balaban J connectivity index is 1.09. The Bertz CT molecular complexity index is 3160. The van der Waals surface area contributed by atoms with E-state index >= 15 is 0 Å². The topological polar surface area (TPSA) is 54.8 Å². The van der Waals surface area contributed by atoms with E-state index < -0.39 is 0 Å². The van der Waals surface area contributed by atoms with Crippen LogP contribution in [0, 0.1) is 0 Å².